The number of benzene rings is 1. The van der Waals surface area contributed by atoms with Gasteiger partial charge in [0.1, 0.15) is 17.0 Å². The average Bonchev–Trinajstić information content (AvgIpc) is 2.97. The largest absolute Gasteiger partial charge is 0.481 e. The smallest absolute Gasteiger partial charge is 0.303 e. The molecule has 2 heterocycles. The molecule has 1 aliphatic rings. The summed E-state index contributed by atoms with van der Waals surface area (Å²) in [4.78, 5) is 25.5. The van der Waals surface area contributed by atoms with Crippen LogP contribution in [0.5, 0.6) is 0 Å². The summed E-state index contributed by atoms with van der Waals surface area (Å²) in [5, 5.41) is 12.9. The van der Waals surface area contributed by atoms with E-state index in [1.165, 1.54) is 0 Å². The summed E-state index contributed by atoms with van der Waals surface area (Å²) in [6.07, 6.45) is 1.59. The monoisotopic (exact) mass is 328 g/mol. The molecule has 6 nitrogen and oxygen atoms in total. The van der Waals surface area contributed by atoms with Gasteiger partial charge in [-0.3, -0.25) is 9.59 Å². The lowest BCUT2D eigenvalue weighted by Gasteiger charge is -2.31. The molecule has 0 saturated carbocycles. The number of carboxylic acids is 1. The molecule has 1 amide bonds. The van der Waals surface area contributed by atoms with Crippen molar-refractivity contribution in [2.75, 3.05) is 13.1 Å². The SMILES string of the molecule is Cc1onc(-c2ccccc2)c1C(=O)N1CCC(CC(=O)O)CC1. The maximum absolute atomic E-state index is 12.9. The van der Waals surface area contributed by atoms with Gasteiger partial charge in [0.05, 0.1) is 0 Å². The zero-order valence-electron chi connectivity index (χ0n) is 13.6. The third-order valence-corrected chi connectivity index (χ3v) is 4.49. The number of hydrogen-bond donors (Lipinski definition) is 1. The summed E-state index contributed by atoms with van der Waals surface area (Å²) in [7, 11) is 0. The molecule has 2 aromatic rings. The molecule has 24 heavy (non-hydrogen) atoms. The number of amides is 1. The van der Waals surface area contributed by atoms with Gasteiger partial charge in [-0.15, -0.1) is 0 Å². The van der Waals surface area contributed by atoms with E-state index < -0.39 is 5.97 Å². The quantitative estimate of drug-likeness (QED) is 0.933. The predicted molar refractivity (Wildman–Crippen MR) is 87.6 cm³/mol. The number of piperidine rings is 1. The Morgan fingerprint density at radius 3 is 2.54 bits per heavy atom. The van der Waals surface area contributed by atoms with Crippen LogP contribution >= 0.6 is 0 Å². The fourth-order valence-corrected chi connectivity index (χ4v) is 3.16. The number of carbonyl (C=O) groups is 2. The third-order valence-electron chi connectivity index (χ3n) is 4.49. The van der Waals surface area contributed by atoms with Crippen molar-refractivity contribution < 1.29 is 19.2 Å². The molecule has 1 fully saturated rings. The number of carbonyl (C=O) groups excluding carboxylic acids is 1. The van der Waals surface area contributed by atoms with Crippen LogP contribution in [-0.4, -0.2) is 40.1 Å². The number of rotatable bonds is 4. The predicted octanol–water partition coefficient (Wildman–Crippen LogP) is 2.98. The molecular formula is C18H20N2O4. The molecule has 0 spiro atoms. The Hall–Kier alpha value is -2.63. The lowest BCUT2D eigenvalue weighted by atomic mass is 9.93. The second-order valence-corrected chi connectivity index (χ2v) is 6.16. The summed E-state index contributed by atoms with van der Waals surface area (Å²) in [5.74, 6) is -0.224. The van der Waals surface area contributed by atoms with Crippen LogP contribution in [0.1, 0.15) is 35.4 Å². The second kappa shape index (κ2) is 6.86. The first-order valence-electron chi connectivity index (χ1n) is 8.09. The minimum atomic E-state index is -0.777. The second-order valence-electron chi connectivity index (χ2n) is 6.16. The van der Waals surface area contributed by atoms with Gasteiger partial charge in [0, 0.05) is 25.1 Å². The maximum Gasteiger partial charge on any atom is 0.303 e. The first-order valence-corrected chi connectivity index (χ1v) is 8.09. The number of aryl methyl sites for hydroxylation is 1. The third kappa shape index (κ3) is 3.32. The summed E-state index contributed by atoms with van der Waals surface area (Å²) in [5.41, 5.74) is 1.90. The molecule has 0 atom stereocenters. The Kier molecular flexibility index (Phi) is 4.64. The number of nitrogens with zero attached hydrogens (tertiary/aromatic N) is 2. The number of aromatic nitrogens is 1. The number of likely N-dealkylation sites (tertiary alicyclic amines) is 1. The van der Waals surface area contributed by atoms with Gasteiger partial charge in [-0.2, -0.15) is 0 Å². The van der Waals surface area contributed by atoms with E-state index in [-0.39, 0.29) is 18.2 Å². The topological polar surface area (TPSA) is 83.6 Å². The van der Waals surface area contributed by atoms with Crippen molar-refractivity contribution in [1.29, 1.82) is 0 Å². The van der Waals surface area contributed by atoms with Crippen LogP contribution < -0.4 is 0 Å². The first kappa shape index (κ1) is 16.2. The van der Waals surface area contributed by atoms with Gasteiger partial charge < -0.3 is 14.5 Å². The van der Waals surface area contributed by atoms with Crippen molar-refractivity contribution in [3.05, 3.63) is 41.7 Å². The molecule has 0 radical (unpaired) electrons. The van der Waals surface area contributed by atoms with Crippen LogP contribution in [0.4, 0.5) is 0 Å². The zero-order chi connectivity index (χ0) is 17.1. The molecule has 1 N–H and O–H groups in total. The molecule has 1 aliphatic heterocycles. The van der Waals surface area contributed by atoms with Crippen LogP contribution in [0.2, 0.25) is 0 Å². The van der Waals surface area contributed by atoms with E-state index in [0.29, 0.717) is 42.9 Å². The van der Waals surface area contributed by atoms with E-state index >= 15 is 0 Å². The van der Waals surface area contributed by atoms with Gasteiger partial charge in [-0.25, -0.2) is 0 Å². The minimum Gasteiger partial charge on any atom is -0.481 e. The van der Waals surface area contributed by atoms with Crippen LogP contribution in [-0.2, 0) is 4.79 Å². The van der Waals surface area contributed by atoms with E-state index in [4.69, 9.17) is 9.63 Å². The van der Waals surface area contributed by atoms with E-state index in [0.717, 1.165) is 5.56 Å². The minimum absolute atomic E-state index is 0.0959. The molecule has 126 valence electrons. The summed E-state index contributed by atoms with van der Waals surface area (Å²) >= 11 is 0. The Labute approximate surface area is 140 Å². The normalized spacial score (nSPS) is 15.5. The Morgan fingerprint density at radius 1 is 1.25 bits per heavy atom. The Bertz CT molecular complexity index is 731. The fraction of sp³-hybridized carbons (Fsp3) is 0.389. The molecule has 0 aliphatic carbocycles. The summed E-state index contributed by atoms with van der Waals surface area (Å²) < 4.78 is 5.26. The zero-order valence-corrected chi connectivity index (χ0v) is 13.6. The number of aliphatic carboxylic acids is 1. The average molecular weight is 328 g/mol. The summed E-state index contributed by atoms with van der Waals surface area (Å²) in [6, 6.07) is 9.49. The van der Waals surface area contributed by atoms with E-state index in [1.807, 2.05) is 30.3 Å². The van der Waals surface area contributed by atoms with Crippen LogP contribution in [0.15, 0.2) is 34.9 Å². The molecule has 1 saturated heterocycles. The molecule has 0 unspecified atom stereocenters. The van der Waals surface area contributed by atoms with Crippen LogP contribution in [0.25, 0.3) is 11.3 Å². The van der Waals surface area contributed by atoms with E-state index in [2.05, 4.69) is 5.16 Å². The van der Waals surface area contributed by atoms with Gasteiger partial charge in [0.25, 0.3) is 5.91 Å². The lowest BCUT2D eigenvalue weighted by Crippen LogP contribution is -2.39. The first-order chi connectivity index (χ1) is 11.6. The van der Waals surface area contributed by atoms with Crippen LogP contribution in [0, 0.1) is 12.8 Å². The highest BCUT2D eigenvalue weighted by molar-refractivity contribution is 6.00. The molecule has 0 bridgehead atoms. The standard InChI is InChI=1S/C18H20N2O4/c1-12-16(17(19-24-12)14-5-3-2-4-6-14)18(23)20-9-7-13(8-10-20)11-15(21)22/h2-6,13H,7-11H2,1H3,(H,21,22). The van der Waals surface area contributed by atoms with Gasteiger partial charge in [0.15, 0.2) is 0 Å². The maximum atomic E-state index is 12.9. The van der Waals surface area contributed by atoms with Gasteiger partial charge >= 0.3 is 5.97 Å². The number of hydrogen-bond acceptors (Lipinski definition) is 4. The van der Waals surface area contributed by atoms with Gasteiger partial charge in [0.2, 0.25) is 0 Å². The fourth-order valence-electron chi connectivity index (χ4n) is 3.16. The molecule has 1 aromatic heterocycles. The van der Waals surface area contributed by atoms with Gasteiger partial charge in [-0.05, 0) is 25.7 Å². The van der Waals surface area contributed by atoms with Crippen molar-refractivity contribution >= 4 is 11.9 Å². The van der Waals surface area contributed by atoms with Gasteiger partial charge in [-0.1, -0.05) is 35.5 Å². The molecule has 3 rings (SSSR count). The Balaban J connectivity index is 1.77. The highest BCUT2D eigenvalue weighted by Crippen LogP contribution is 2.28. The molecule has 6 heteroatoms. The van der Waals surface area contributed by atoms with Crippen molar-refractivity contribution in [3.63, 3.8) is 0 Å². The van der Waals surface area contributed by atoms with Crippen LogP contribution in [0.3, 0.4) is 0 Å². The highest BCUT2D eigenvalue weighted by Gasteiger charge is 2.29. The van der Waals surface area contributed by atoms with E-state index in [1.54, 1.807) is 11.8 Å². The van der Waals surface area contributed by atoms with Crippen molar-refractivity contribution in [1.82, 2.24) is 10.1 Å². The Morgan fingerprint density at radius 2 is 1.92 bits per heavy atom. The highest BCUT2D eigenvalue weighted by atomic mass is 16.5. The number of carboxylic acid groups (broad SMARTS) is 1. The molecule has 1 aromatic carbocycles. The van der Waals surface area contributed by atoms with Crippen molar-refractivity contribution in [3.8, 4) is 11.3 Å². The van der Waals surface area contributed by atoms with Crippen molar-refractivity contribution in [2.24, 2.45) is 5.92 Å². The lowest BCUT2D eigenvalue weighted by molar-refractivity contribution is -0.138. The van der Waals surface area contributed by atoms with Crippen molar-refractivity contribution in [2.45, 2.75) is 26.2 Å². The van der Waals surface area contributed by atoms with E-state index in [9.17, 15) is 9.59 Å². The summed E-state index contributed by atoms with van der Waals surface area (Å²) in [6.45, 7) is 2.87. The molecular weight excluding hydrogens is 308 g/mol.